The Morgan fingerprint density at radius 3 is 2.88 bits per heavy atom. The summed E-state index contributed by atoms with van der Waals surface area (Å²) in [5.74, 6) is -1.47. The molecule has 10 nitrogen and oxygen atoms in total. The van der Waals surface area contributed by atoms with E-state index in [9.17, 15) is 14.4 Å². The van der Waals surface area contributed by atoms with Crippen LogP contribution in [0.5, 0.6) is 0 Å². The van der Waals surface area contributed by atoms with Crippen LogP contribution in [0.3, 0.4) is 0 Å². The van der Waals surface area contributed by atoms with Gasteiger partial charge in [-0.2, -0.15) is 5.10 Å². The summed E-state index contributed by atoms with van der Waals surface area (Å²) in [5.41, 5.74) is 2.36. The third kappa shape index (κ3) is 5.69. The molecule has 2 aliphatic rings. The number of hydrogen-bond donors (Lipinski definition) is 4. The topological polar surface area (TPSA) is 128 Å². The van der Waals surface area contributed by atoms with E-state index in [0.29, 0.717) is 30.1 Å². The van der Waals surface area contributed by atoms with Crippen molar-refractivity contribution in [1.29, 1.82) is 0 Å². The zero-order valence-corrected chi connectivity index (χ0v) is 22.6. The lowest BCUT2D eigenvalue weighted by molar-refractivity contribution is -0.113. The predicted molar refractivity (Wildman–Crippen MR) is 148 cm³/mol. The molecular formula is C29H33FN6O4. The minimum atomic E-state index is -0.891. The number of ether oxygens (including phenoxy) is 1. The fraction of sp³-hybridized carbons (Fsp3) is 0.379. The van der Waals surface area contributed by atoms with E-state index in [1.54, 1.807) is 43.3 Å². The van der Waals surface area contributed by atoms with Gasteiger partial charge in [-0.3, -0.25) is 14.7 Å². The van der Waals surface area contributed by atoms with Crippen molar-refractivity contribution in [3.63, 3.8) is 0 Å². The van der Waals surface area contributed by atoms with Crippen LogP contribution in [0, 0.1) is 5.82 Å². The van der Waals surface area contributed by atoms with Gasteiger partial charge in [-0.15, -0.1) is 0 Å². The second-order valence-corrected chi connectivity index (χ2v) is 10.2. The SMILES string of the molecule is COCCCC1CCCCN1C(=O)c1cc(C2NC(=O)NC(C)=C2C(=O)Nc2ccc3[nH]ncc3c2)ccc1F. The van der Waals surface area contributed by atoms with Crippen LogP contribution in [0.1, 0.15) is 61.0 Å². The van der Waals surface area contributed by atoms with Gasteiger partial charge in [-0.25, -0.2) is 9.18 Å². The Bertz CT molecular complexity index is 1470. The quantitative estimate of drug-likeness (QED) is 0.311. The summed E-state index contributed by atoms with van der Waals surface area (Å²) in [6, 6.07) is 8.12. The second-order valence-electron chi connectivity index (χ2n) is 10.2. The van der Waals surface area contributed by atoms with Gasteiger partial charge in [0.05, 0.1) is 28.9 Å². The van der Waals surface area contributed by atoms with E-state index in [1.807, 2.05) is 0 Å². The Morgan fingerprint density at radius 1 is 1.20 bits per heavy atom. The summed E-state index contributed by atoms with van der Waals surface area (Å²) in [6.07, 6.45) is 5.98. The summed E-state index contributed by atoms with van der Waals surface area (Å²) in [7, 11) is 1.65. The van der Waals surface area contributed by atoms with Crippen molar-refractivity contribution >= 4 is 34.4 Å². The summed E-state index contributed by atoms with van der Waals surface area (Å²) in [5, 5.41) is 16.0. The number of aromatic amines is 1. The molecule has 2 aliphatic heterocycles. The molecule has 4 N–H and O–H groups in total. The number of anilines is 1. The van der Waals surface area contributed by atoms with Gasteiger partial charge in [0.15, 0.2) is 0 Å². The van der Waals surface area contributed by atoms with E-state index in [0.717, 1.165) is 43.0 Å². The summed E-state index contributed by atoms with van der Waals surface area (Å²) in [6.45, 7) is 2.79. The van der Waals surface area contributed by atoms with Crippen molar-refractivity contribution in [1.82, 2.24) is 25.7 Å². The van der Waals surface area contributed by atoms with Crippen LogP contribution in [0.4, 0.5) is 14.9 Å². The normalized spacial score (nSPS) is 19.4. The van der Waals surface area contributed by atoms with Crippen LogP contribution in [-0.4, -0.2) is 59.2 Å². The number of allylic oxidation sites excluding steroid dienone is 1. The Morgan fingerprint density at radius 2 is 2.05 bits per heavy atom. The van der Waals surface area contributed by atoms with E-state index in [1.165, 1.54) is 18.2 Å². The van der Waals surface area contributed by atoms with E-state index < -0.39 is 23.8 Å². The Labute approximate surface area is 231 Å². The molecule has 1 aromatic heterocycles. The fourth-order valence-corrected chi connectivity index (χ4v) is 5.54. The number of fused-ring (bicyclic) bond motifs is 1. The first-order valence-electron chi connectivity index (χ1n) is 13.5. The summed E-state index contributed by atoms with van der Waals surface area (Å²) < 4.78 is 20.3. The molecule has 210 valence electrons. The Hall–Kier alpha value is -4.25. The number of amides is 4. The smallest absolute Gasteiger partial charge is 0.319 e. The van der Waals surface area contributed by atoms with E-state index in [-0.39, 0.29) is 23.1 Å². The molecule has 1 saturated heterocycles. The van der Waals surface area contributed by atoms with E-state index >= 15 is 4.39 Å². The van der Waals surface area contributed by atoms with Gasteiger partial charge in [0.1, 0.15) is 5.82 Å². The number of aromatic nitrogens is 2. The van der Waals surface area contributed by atoms with Crippen molar-refractivity contribution < 1.29 is 23.5 Å². The number of benzene rings is 2. The van der Waals surface area contributed by atoms with Crippen molar-refractivity contribution in [2.24, 2.45) is 0 Å². The number of carbonyl (C=O) groups excluding carboxylic acids is 3. The molecule has 11 heteroatoms. The molecule has 4 amide bonds. The Balaban J connectivity index is 1.42. The zero-order chi connectivity index (χ0) is 28.2. The number of likely N-dealkylation sites (tertiary alicyclic amines) is 1. The highest BCUT2D eigenvalue weighted by Crippen LogP contribution is 2.31. The van der Waals surface area contributed by atoms with Gasteiger partial charge >= 0.3 is 6.03 Å². The molecule has 0 aliphatic carbocycles. The third-order valence-electron chi connectivity index (χ3n) is 7.54. The highest BCUT2D eigenvalue weighted by molar-refractivity contribution is 6.07. The fourth-order valence-electron chi connectivity index (χ4n) is 5.54. The minimum Gasteiger partial charge on any atom is -0.385 e. The molecule has 0 bridgehead atoms. The van der Waals surface area contributed by atoms with Crippen molar-refractivity contribution in [2.45, 2.75) is 51.1 Å². The number of nitrogens with zero attached hydrogens (tertiary/aromatic N) is 2. The average Bonchev–Trinajstić information content (AvgIpc) is 3.41. The third-order valence-corrected chi connectivity index (χ3v) is 7.54. The lowest BCUT2D eigenvalue weighted by Crippen LogP contribution is -2.46. The zero-order valence-electron chi connectivity index (χ0n) is 22.6. The first-order chi connectivity index (χ1) is 19.4. The maximum atomic E-state index is 15.1. The van der Waals surface area contributed by atoms with Gasteiger partial charge < -0.3 is 25.6 Å². The highest BCUT2D eigenvalue weighted by atomic mass is 19.1. The molecule has 1 fully saturated rings. The number of rotatable bonds is 8. The first kappa shape index (κ1) is 27.3. The first-order valence-corrected chi connectivity index (χ1v) is 13.5. The van der Waals surface area contributed by atoms with Crippen LogP contribution in [0.15, 0.2) is 53.9 Å². The number of methoxy groups -OCH3 is 1. The number of urea groups is 1. The molecule has 3 heterocycles. The van der Waals surface area contributed by atoms with Gasteiger partial charge in [0.25, 0.3) is 11.8 Å². The molecule has 40 heavy (non-hydrogen) atoms. The predicted octanol–water partition coefficient (Wildman–Crippen LogP) is 4.39. The monoisotopic (exact) mass is 548 g/mol. The lowest BCUT2D eigenvalue weighted by Gasteiger charge is -2.36. The standard InChI is InChI=1S/C29H33FN6O4/c1-17-25(27(37)33-20-9-11-24-19(14-20)16-31-35-24)26(34-29(39)32-17)18-8-10-23(30)22(15-18)28(38)36-12-4-3-6-21(36)7-5-13-40-2/h8-11,14-16,21,26H,3-7,12-13H2,1-2H3,(H,31,35)(H,33,37)(H2,32,34,39). The van der Waals surface area contributed by atoms with E-state index in [4.69, 9.17) is 4.74 Å². The molecular weight excluding hydrogens is 515 g/mol. The van der Waals surface area contributed by atoms with Gasteiger partial charge in [-0.1, -0.05) is 6.07 Å². The van der Waals surface area contributed by atoms with Gasteiger partial charge in [0, 0.05) is 43.1 Å². The van der Waals surface area contributed by atoms with Crippen LogP contribution >= 0.6 is 0 Å². The number of carbonyl (C=O) groups is 3. The number of halogens is 1. The van der Waals surface area contributed by atoms with Crippen LogP contribution < -0.4 is 16.0 Å². The number of hydrogen-bond acceptors (Lipinski definition) is 5. The molecule has 3 aromatic rings. The largest absolute Gasteiger partial charge is 0.385 e. The average molecular weight is 549 g/mol. The summed E-state index contributed by atoms with van der Waals surface area (Å²) in [4.78, 5) is 41.3. The molecule has 2 unspecified atom stereocenters. The van der Waals surface area contributed by atoms with Crippen LogP contribution in [0.2, 0.25) is 0 Å². The number of H-pyrrole nitrogens is 1. The van der Waals surface area contributed by atoms with Gasteiger partial charge in [-0.05, 0) is 74.9 Å². The van der Waals surface area contributed by atoms with Crippen LogP contribution in [-0.2, 0) is 9.53 Å². The Kier molecular flexibility index (Phi) is 8.11. The van der Waals surface area contributed by atoms with Gasteiger partial charge in [0.2, 0.25) is 0 Å². The minimum absolute atomic E-state index is 0.00841. The van der Waals surface area contributed by atoms with Crippen LogP contribution in [0.25, 0.3) is 10.9 Å². The van der Waals surface area contributed by atoms with E-state index in [2.05, 4.69) is 26.1 Å². The molecule has 0 radical (unpaired) electrons. The maximum Gasteiger partial charge on any atom is 0.319 e. The second kappa shape index (κ2) is 11.9. The molecule has 5 rings (SSSR count). The molecule has 2 aromatic carbocycles. The molecule has 0 saturated carbocycles. The number of nitrogens with one attached hydrogen (secondary N) is 4. The summed E-state index contributed by atoms with van der Waals surface area (Å²) >= 11 is 0. The molecule has 0 spiro atoms. The lowest BCUT2D eigenvalue weighted by atomic mass is 9.92. The number of piperidine rings is 1. The highest BCUT2D eigenvalue weighted by Gasteiger charge is 2.34. The maximum absolute atomic E-state index is 15.1. The van der Waals surface area contributed by atoms with Crippen molar-refractivity contribution in [3.8, 4) is 0 Å². The van der Waals surface area contributed by atoms with Crippen molar-refractivity contribution in [2.75, 3.05) is 25.6 Å². The van der Waals surface area contributed by atoms with Crippen molar-refractivity contribution in [3.05, 3.63) is 70.8 Å². The molecule has 2 atom stereocenters.